The van der Waals surface area contributed by atoms with Gasteiger partial charge in [0, 0.05) is 21.5 Å². The summed E-state index contributed by atoms with van der Waals surface area (Å²) in [5, 5.41) is 23.3. The fraction of sp³-hybridized carbons (Fsp3) is 0. The number of nitriles is 2. The van der Waals surface area contributed by atoms with E-state index in [0.717, 1.165) is 24.3 Å². The number of benzene rings is 4. The number of thiophene rings is 1. The molecule has 0 N–H and O–H groups in total. The fourth-order valence-corrected chi connectivity index (χ4v) is 6.90. The Balaban J connectivity index is 1.55. The van der Waals surface area contributed by atoms with Crippen molar-refractivity contribution in [2.24, 2.45) is 9.98 Å². The molecule has 0 bridgehead atoms. The number of nitrogens with zero attached hydrogens (tertiary/aromatic N) is 4. The van der Waals surface area contributed by atoms with Gasteiger partial charge in [-0.25, -0.2) is 26.3 Å². The minimum Gasteiger partial charge on any atom is -0.204 e. The topological polar surface area (TPSA) is 72.3 Å². The summed E-state index contributed by atoms with van der Waals surface area (Å²) in [4.78, 5) is 8.05. The van der Waals surface area contributed by atoms with Crippen molar-refractivity contribution < 1.29 is 26.3 Å². The molecule has 0 aliphatic rings. The molecule has 0 aliphatic carbocycles. The summed E-state index contributed by atoms with van der Waals surface area (Å²) in [6.07, 6.45) is 3.58. The van der Waals surface area contributed by atoms with E-state index < -0.39 is 34.9 Å². The van der Waals surface area contributed by atoms with Crippen molar-refractivity contribution in [3.63, 3.8) is 0 Å². The Kier molecular flexibility index (Phi) is 5.84. The number of fused-ring (bicyclic) bond motifs is 7. The molecule has 0 aliphatic heterocycles. The van der Waals surface area contributed by atoms with Crippen LogP contribution in [-0.4, -0.2) is 0 Å². The maximum atomic E-state index is 14.0. The zero-order valence-corrected chi connectivity index (χ0v) is 22.1. The van der Waals surface area contributed by atoms with Gasteiger partial charge in [0.15, 0.2) is 34.9 Å². The molecule has 7 rings (SSSR count). The third-order valence-corrected chi connectivity index (χ3v) is 8.59. The van der Waals surface area contributed by atoms with Crippen LogP contribution in [0.15, 0.2) is 70.6 Å². The first-order valence-corrected chi connectivity index (χ1v) is 13.2. The molecule has 0 radical (unpaired) electrons. The van der Waals surface area contributed by atoms with Crippen molar-refractivity contribution in [2.75, 3.05) is 0 Å². The molecule has 4 nitrogen and oxygen atoms in total. The highest BCUT2D eigenvalue weighted by Gasteiger charge is 2.22. The lowest BCUT2D eigenvalue weighted by molar-refractivity contribution is 0.447. The average molecular weight is 597 g/mol. The molecule has 1 aromatic heterocycles. The first-order valence-electron chi connectivity index (χ1n) is 12.4. The van der Waals surface area contributed by atoms with E-state index in [9.17, 15) is 36.9 Å². The third kappa shape index (κ3) is 3.83. The maximum Gasteiger partial charge on any atom is 0.206 e. The van der Waals surface area contributed by atoms with Gasteiger partial charge in [0.05, 0.1) is 9.40 Å². The van der Waals surface area contributed by atoms with Crippen LogP contribution in [0.2, 0.25) is 0 Å². The summed E-state index contributed by atoms with van der Waals surface area (Å²) < 4.78 is 84.3. The summed E-state index contributed by atoms with van der Waals surface area (Å²) in [5.74, 6) is -8.54. The van der Waals surface area contributed by atoms with Gasteiger partial charge in [0.25, 0.3) is 0 Å². The summed E-state index contributed by atoms with van der Waals surface area (Å²) in [5.41, 5.74) is 0.908. The van der Waals surface area contributed by atoms with E-state index in [1.165, 1.54) is 11.3 Å². The number of hydrogen-bond acceptors (Lipinski definition) is 5. The van der Waals surface area contributed by atoms with E-state index in [4.69, 9.17) is 0 Å². The Hall–Kier alpha value is -5.52. The molecule has 0 spiro atoms. The minimum absolute atomic E-state index is 0.0889. The fourth-order valence-electron chi connectivity index (χ4n) is 5.57. The van der Waals surface area contributed by atoms with Gasteiger partial charge >= 0.3 is 0 Å². The van der Waals surface area contributed by atoms with Crippen molar-refractivity contribution in [3.05, 3.63) is 106 Å². The minimum atomic E-state index is -1.58. The van der Waals surface area contributed by atoms with Crippen molar-refractivity contribution >= 4 is 53.1 Å². The SMILES string of the molecule is N#CN=c1c2cc(-c3cc(F)c(F)c(F)c3)ccc2c2c1sc1c(=NC#N)c3cc(-c4cc(F)c(F)c(F)c4)ccc3c12. The molecule has 0 saturated heterocycles. The first-order chi connectivity index (χ1) is 20.7. The lowest BCUT2D eigenvalue weighted by Crippen LogP contribution is -1.98. The molecule has 0 fully saturated rings. The molecule has 7 aromatic rings. The molecule has 0 atom stereocenters. The van der Waals surface area contributed by atoms with E-state index in [1.807, 2.05) is 0 Å². The van der Waals surface area contributed by atoms with Crippen LogP contribution in [0.3, 0.4) is 0 Å². The Labute approximate surface area is 240 Å². The van der Waals surface area contributed by atoms with Gasteiger partial charge in [-0.3, -0.25) is 0 Å². The zero-order chi connectivity index (χ0) is 30.2. The van der Waals surface area contributed by atoms with Gasteiger partial charge < -0.3 is 0 Å². The Morgan fingerprint density at radius 2 is 0.860 bits per heavy atom. The number of rotatable bonds is 2. The number of halogens is 6. The van der Waals surface area contributed by atoms with E-state index in [0.29, 0.717) is 63.6 Å². The van der Waals surface area contributed by atoms with Crippen LogP contribution < -0.4 is 10.7 Å². The van der Waals surface area contributed by atoms with Crippen molar-refractivity contribution in [1.82, 2.24) is 0 Å². The zero-order valence-electron chi connectivity index (χ0n) is 21.2. The highest BCUT2D eigenvalue weighted by Crippen LogP contribution is 2.43. The van der Waals surface area contributed by atoms with Crippen molar-refractivity contribution in [3.8, 4) is 34.6 Å². The molecular weight excluding hydrogens is 586 g/mol. The molecule has 43 heavy (non-hydrogen) atoms. The second kappa shape index (κ2) is 9.51. The van der Waals surface area contributed by atoms with Crippen molar-refractivity contribution in [1.29, 1.82) is 10.5 Å². The van der Waals surface area contributed by atoms with Gasteiger partial charge in [-0.2, -0.15) is 20.5 Å². The lowest BCUT2D eigenvalue weighted by atomic mass is 10.0. The summed E-state index contributed by atoms with van der Waals surface area (Å²) >= 11 is 1.23. The van der Waals surface area contributed by atoms with Crippen LogP contribution in [0.4, 0.5) is 26.3 Å². The Bertz CT molecular complexity index is 2340. The van der Waals surface area contributed by atoms with Gasteiger partial charge in [-0.1, -0.05) is 24.3 Å². The van der Waals surface area contributed by atoms with E-state index >= 15 is 0 Å². The summed E-state index contributed by atoms with van der Waals surface area (Å²) in [7, 11) is 0. The molecule has 206 valence electrons. The largest absolute Gasteiger partial charge is 0.206 e. The standard InChI is InChI=1S/C32H10F6N4S/c33-21-7-15(8-22(34)27(21)37)13-1-3-17-19(5-13)29(41-11-39)31-25(17)26-18-4-2-14(16-9-23(35)28(38)24(36)10-16)6-20(18)30(42-12-40)32(26)43-31/h1-10H. The van der Waals surface area contributed by atoms with Crippen LogP contribution in [0.5, 0.6) is 0 Å². The smallest absolute Gasteiger partial charge is 0.204 e. The van der Waals surface area contributed by atoms with Gasteiger partial charge in [0.1, 0.15) is 10.7 Å². The normalized spacial score (nSPS) is 12.7. The first kappa shape index (κ1) is 26.4. The highest BCUT2D eigenvalue weighted by molar-refractivity contribution is 7.26. The monoisotopic (exact) mass is 596 g/mol. The van der Waals surface area contributed by atoms with Crippen LogP contribution >= 0.6 is 11.3 Å². The predicted molar refractivity (Wildman–Crippen MR) is 150 cm³/mol. The van der Waals surface area contributed by atoms with E-state index in [2.05, 4.69) is 9.98 Å². The molecule has 0 saturated carbocycles. The Morgan fingerprint density at radius 3 is 1.21 bits per heavy atom. The second-order valence-electron chi connectivity index (χ2n) is 9.66. The van der Waals surface area contributed by atoms with Crippen LogP contribution in [0, 0.1) is 57.8 Å². The molecule has 1 heterocycles. The Morgan fingerprint density at radius 1 is 0.488 bits per heavy atom. The van der Waals surface area contributed by atoms with Gasteiger partial charge in [-0.15, -0.1) is 11.3 Å². The second-order valence-corrected chi connectivity index (χ2v) is 10.7. The molecule has 6 aromatic carbocycles. The van der Waals surface area contributed by atoms with Crippen LogP contribution in [0.25, 0.3) is 64.0 Å². The van der Waals surface area contributed by atoms with E-state index in [1.54, 1.807) is 48.8 Å². The molecule has 0 unspecified atom stereocenters. The van der Waals surface area contributed by atoms with E-state index in [-0.39, 0.29) is 11.1 Å². The summed E-state index contributed by atoms with van der Waals surface area (Å²) in [6, 6.07) is 13.3. The molecule has 11 heteroatoms. The van der Waals surface area contributed by atoms with Gasteiger partial charge in [-0.05, 0) is 69.4 Å². The predicted octanol–water partition coefficient (Wildman–Crippen LogP) is 8.17. The third-order valence-electron chi connectivity index (χ3n) is 7.38. The lowest BCUT2D eigenvalue weighted by Gasteiger charge is -2.05. The van der Waals surface area contributed by atoms with Crippen LogP contribution in [-0.2, 0) is 0 Å². The maximum absolute atomic E-state index is 14.0. The van der Waals surface area contributed by atoms with Crippen LogP contribution in [0.1, 0.15) is 0 Å². The summed E-state index contributed by atoms with van der Waals surface area (Å²) in [6.45, 7) is 0. The molecule has 0 amide bonds. The quantitative estimate of drug-likeness (QED) is 0.115. The van der Waals surface area contributed by atoms with Gasteiger partial charge in [0.2, 0.25) is 12.4 Å². The molecular formula is C32H10F6N4S. The van der Waals surface area contributed by atoms with Crippen molar-refractivity contribution in [2.45, 2.75) is 0 Å². The highest BCUT2D eigenvalue weighted by atomic mass is 32.1. The average Bonchev–Trinajstić information content (AvgIpc) is 3.61. The number of hydrogen-bond donors (Lipinski definition) is 0.